The van der Waals surface area contributed by atoms with E-state index < -0.39 is 23.4 Å². The summed E-state index contributed by atoms with van der Waals surface area (Å²) in [6.45, 7) is 2.54. The minimum atomic E-state index is -1.17. The van der Waals surface area contributed by atoms with Gasteiger partial charge in [0, 0.05) is 5.56 Å². The van der Waals surface area contributed by atoms with Crippen LogP contribution in [0, 0.1) is 0 Å². The highest BCUT2D eigenvalue weighted by Crippen LogP contribution is 2.31. The minimum Gasteiger partial charge on any atom is -0.497 e. The third-order valence-electron chi connectivity index (χ3n) is 5.25. The molecule has 1 aliphatic rings. The van der Waals surface area contributed by atoms with Crippen LogP contribution in [0.5, 0.6) is 5.75 Å². The van der Waals surface area contributed by atoms with E-state index in [0.29, 0.717) is 18.5 Å². The molecule has 3 rings (SSSR count). The van der Waals surface area contributed by atoms with Gasteiger partial charge in [-0.15, -0.1) is 0 Å². The average molecular weight is 411 g/mol. The lowest BCUT2D eigenvalue weighted by Crippen LogP contribution is -3.09. The molecule has 4 amide bonds. The fraction of sp³-hybridized carbons (Fsp3) is 0.318. The van der Waals surface area contributed by atoms with Crippen LogP contribution in [-0.4, -0.2) is 43.6 Å². The van der Waals surface area contributed by atoms with E-state index in [4.69, 9.17) is 4.74 Å². The summed E-state index contributed by atoms with van der Waals surface area (Å²) in [5, 5.41) is 3.54. The second-order valence-electron chi connectivity index (χ2n) is 7.39. The van der Waals surface area contributed by atoms with E-state index in [1.54, 1.807) is 19.2 Å². The highest BCUT2D eigenvalue weighted by molar-refractivity contribution is 6.08. The molecule has 0 spiro atoms. The Kier molecular flexibility index (Phi) is 6.37. The quantitative estimate of drug-likeness (QED) is 0.555. The summed E-state index contributed by atoms with van der Waals surface area (Å²) < 4.78 is 5.14. The Morgan fingerprint density at radius 2 is 1.80 bits per heavy atom. The van der Waals surface area contributed by atoms with Crippen LogP contribution in [0.4, 0.5) is 4.79 Å². The molecule has 0 bridgehead atoms. The molecule has 1 fully saturated rings. The molecule has 8 nitrogen and oxygen atoms in total. The molecule has 3 N–H and O–H groups in total. The first-order valence-electron chi connectivity index (χ1n) is 9.85. The molecule has 30 heavy (non-hydrogen) atoms. The number of urea groups is 1. The molecule has 1 unspecified atom stereocenters. The smallest absolute Gasteiger partial charge is 0.344 e. The van der Waals surface area contributed by atoms with Crippen molar-refractivity contribution < 1.29 is 24.0 Å². The standard InChI is InChI=1S/C22H26N4O4/c1-4-22(17-8-6-5-7-9-17)20(28)26(21(29)23-22)24-19(27)15-25(2)14-16-10-12-18(30-3)13-11-16/h5-13H,4,14-15H2,1-3H3,(H,23,29)(H,24,27)/p+1/t22-/m1/s1. The number of hydrogen-bond donors (Lipinski definition) is 3. The minimum absolute atomic E-state index is 0.105. The summed E-state index contributed by atoms with van der Waals surface area (Å²) in [5.74, 6) is -0.127. The van der Waals surface area contributed by atoms with Crippen molar-refractivity contribution in [2.75, 3.05) is 20.7 Å². The Morgan fingerprint density at radius 1 is 1.13 bits per heavy atom. The number of ether oxygens (including phenoxy) is 1. The van der Waals surface area contributed by atoms with Crippen LogP contribution in [0.25, 0.3) is 0 Å². The molecule has 0 aromatic heterocycles. The first-order chi connectivity index (χ1) is 14.4. The Labute approximate surface area is 175 Å². The van der Waals surface area contributed by atoms with E-state index in [-0.39, 0.29) is 6.54 Å². The molecular formula is C22H27N4O4+. The number of carbonyl (C=O) groups is 3. The predicted octanol–water partition coefficient (Wildman–Crippen LogP) is 0.598. The largest absolute Gasteiger partial charge is 0.497 e. The van der Waals surface area contributed by atoms with Gasteiger partial charge in [-0.1, -0.05) is 37.3 Å². The molecule has 1 aliphatic heterocycles. The normalized spacial score (nSPS) is 19.4. The van der Waals surface area contributed by atoms with E-state index in [1.807, 2.05) is 56.4 Å². The monoisotopic (exact) mass is 411 g/mol. The van der Waals surface area contributed by atoms with Crippen LogP contribution in [0.2, 0.25) is 0 Å². The number of nitrogens with one attached hydrogen (secondary N) is 3. The Morgan fingerprint density at radius 3 is 2.40 bits per heavy atom. The van der Waals surface area contributed by atoms with Crippen molar-refractivity contribution in [3.63, 3.8) is 0 Å². The maximum atomic E-state index is 13.1. The second-order valence-corrected chi connectivity index (χ2v) is 7.39. The van der Waals surface area contributed by atoms with Gasteiger partial charge in [-0.25, -0.2) is 4.79 Å². The summed E-state index contributed by atoms with van der Waals surface area (Å²) in [4.78, 5) is 38.9. The van der Waals surface area contributed by atoms with Gasteiger partial charge in [-0.05, 0) is 36.2 Å². The van der Waals surface area contributed by atoms with Gasteiger partial charge in [-0.2, -0.15) is 5.01 Å². The first-order valence-corrected chi connectivity index (χ1v) is 9.85. The first kappa shape index (κ1) is 21.3. The van der Waals surface area contributed by atoms with Gasteiger partial charge in [0.15, 0.2) is 6.54 Å². The average Bonchev–Trinajstić information content (AvgIpc) is 3.00. The third-order valence-corrected chi connectivity index (χ3v) is 5.25. The van der Waals surface area contributed by atoms with Gasteiger partial charge < -0.3 is 15.0 Å². The highest BCUT2D eigenvalue weighted by Gasteiger charge is 2.52. The lowest BCUT2D eigenvalue weighted by atomic mass is 9.87. The van der Waals surface area contributed by atoms with E-state index in [9.17, 15) is 14.4 Å². The summed E-state index contributed by atoms with van der Waals surface area (Å²) in [6, 6.07) is 16.0. The lowest BCUT2D eigenvalue weighted by molar-refractivity contribution is -0.885. The Bertz CT molecular complexity index is 916. The molecule has 2 aromatic carbocycles. The van der Waals surface area contributed by atoms with E-state index in [0.717, 1.165) is 21.2 Å². The zero-order chi connectivity index (χ0) is 21.7. The van der Waals surface area contributed by atoms with Crippen LogP contribution in [-0.2, 0) is 21.7 Å². The maximum absolute atomic E-state index is 13.1. The molecule has 1 heterocycles. The number of benzene rings is 2. The van der Waals surface area contributed by atoms with Crippen molar-refractivity contribution in [1.82, 2.24) is 15.8 Å². The lowest BCUT2D eigenvalue weighted by Gasteiger charge is -2.25. The van der Waals surface area contributed by atoms with Crippen LogP contribution in [0.1, 0.15) is 24.5 Å². The molecule has 1 saturated heterocycles. The summed E-state index contributed by atoms with van der Waals surface area (Å²) >= 11 is 0. The summed E-state index contributed by atoms with van der Waals surface area (Å²) in [5.41, 5.74) is 3.02. The van der Waals surface area contributed by atoms with Crippen LogP contribution < -0.4 is 20.4 Å². The molecule has 158 valence electrons. The van der Waals surface area contributed by atoms with Gasteiger partial charge in [0.2, 0.25) is 0 Å². The summed E-state index contributed by atoms with van der Waals surface area (Å²) in [7, 11) is 3.48. The van der Waals surface area contributed by atoms with E-state index >= 15 is 0 Å². The SMILES string of the molecule is CC[C@]1(c2ccccc2)NC(=O)N(NC(=O)C[NH+](C)Cc2ccc(OC)cc2)C1=O. The molecular weight excluding hydrogens is 384 g/mol. The molecule has 2 aromatic rings. The van der Waals surface area contributed by atoms with Gasteiger partial charge >= 0.3 is 6.03 Å². The summed E-state index contributed by atoms with van der Waals surface area (Å²) in [6.07, 6.45) is 0.372. The molecule has 8 heteroatoms. The molecule has 0 radical (unpaired) electrons. The van der Waals surface area contributed by atoms with Crippen LogP contribution >= 0.6 is 0 Å². The number of imide groups is 1. The molecule has 0 saturated carbocycles. The Balaban J connectivity index is 1.63. The van der Waals surface area contributed by atoms with Crippen molar-refractivity contribution in [3.8, 4) is 5.75 Å². The van der Waals surface area contributed by atoms with E-state index in [1.165, 1.54) is 0 Å². The van der Waals surface area contributed by atoms with Crippen molar-refractivity contribution >= 4 is 17.8 Å². The van der Waals surface area contributed by atoms with Gasteiger partial charge in [0.05, 0.1) is 14.2 Å². The fourth-order valence-electron chi connectivity index (χ4n) is 3.63. The number of quaternary nitrogens is 1. The number of nitrogens with zero attached hydrogens (tertiary/aromatic N) is 1. The van der Waals surface area contributed by atoms with Gasteiger partial charge in [0.1, 0.15) is 17.8 Å². The number of amides is 4. The second kappa shape index (κ2) is 8.96. The van der Waals surface area contributed by atoms with Crippen molar-refractivity contribution in [3.05, 3.63) is 65.7 Å². The van der Waals surface area contributed by atoms with Crippen LogP contribution in [0.3, 0.4) is 0 Å². The molecule has 0 aliphatic carbocycles. The number of methoxy groups -OCH3 is 1. The maximum Gasteiger partial charge on any atom is 0.344 e. The third kappa shape index (κ3) is 4.28. The number of rotatable bonds is 8. The zero-order valence-corrected chi connectivity index (χ0v) is 17.4. The van der Waals surface area contributed by atoms with Crippen molar-refractivity contribution in [1.29, 1.82) is 0 Å². The van der Waals surface area contributed by atoms with Gasteiger partial charge in [0.25, 0.3) is 11.8 Å². The number of hydrazine groups is 1. The fourth-order valence-corrected chi connectivity index (χ4v) is 3.63. The van der Waals surface area contributed by atoms with Gasteiger partial charge in [-0.3, -0.25) is 15.0 Å². The Hall–Kier alpha value is -3.39. The number of carbonyl (C=O) groups excluding carboxylic acids is 3. The van der Waals surface area contributed by atoms with Crippen molar-refractivity contribution in [2.45, 2.75) is 25.4 Å². The van der Waals surface area contributed by atoms with E-state index in [2.05, 4.69) is 10.7 Å². The predicted molar refractivity (Wildman–Crippen MR) is 110 cm³/mol. The number of likely N-dealkylation sites (N-methyl/N-ethyl adjacent to an activating group) is 1. The highest BCUT2D eigenvalue weighted by atomic mass is 16.5. The van der Waals surface area contributed by atoms with Crippen LogP contribution in [0.15, 0.2) is 54.6 Å². The van der Waals surface area contributed by atoms with Crippen molar-refractivity contribution in [2.24, 2.45) is 0 Å². The zero-order valence-electron chi connectivity index (χ0n) is 17.4. The number of hydrogen-bond acceptors (Lipinski definition) is 4. The molecule has 2 atom stereocenters. The topological polar surface area (TPSA) is 92.2 Å².